The predicted molar refractivity (Wildman–Crippen MR) is 143 cm³/mol. The van der Waals surface area contributed by atoms with Crippen molar-refractivity contribution in [1.29, 1.82) is 0 Å². The Balaban J connectivity index is 1.53. The van der Waals surface area contributed by atoms with E-state index in [2.05, 4.69) is 20.7 Å². The first kappa shape index (κ1) is 25.6. The van der Waals surface area contributed by atoms with Crippen LogP contribution in [0.15, 0.2) is 72.8 Å². The van der Waals surface area contributed by atoms with Gasteiger partial charge in [-0.25, -0.2) is 0 Å². The maximum absolute atomic E-state index is 13.4. The van der Waals surface area contributed by atoms with Crippen molar-refractivity contribution in [3.05, 3.63) is 89.5 Å². The van der Waals surface area contributed by atoms with Crippen molar-refractivity contribution in [2.45, 2.75) is 26.9 Å². The Morgan fingerprint density at radius 2 is 1.41 bits per heavy atom. The first-order chi connectivity index (χ1) is 18.1. The van der Waals surface area contributed by atoms with Gasteiger partial charge in [0.15, 0.2) is 0 Å². The van der Waals surface area contributed by atoms with Gasteiger partial charge in [-0.1, -0.05) is 30.3 Å². The smallest absolute Gasteiger partial charge is 0.281 e. The number of nitrogens with one attached hydrogen (secondary N) is 2. The van der Waals surface area contributed by atoms with E-state index in [0.29, 0.717) is 49.5 Å². The summed E-state index contributed by atoms with van der Waals surface area (Å²) in [6, 6.07) is 22.5. The Morgan fingerprint density at radius 3 is 1.97 bits per heavy atom. The van der Waals surface area contributed by atoms with Crippen molar-refractivity contribution in [3.8, 4) is 17.2 Å². The minimum absolute atomic E-state index is 0.324. The Labute approximate surface area is 216 Å². The molecule has 0 aliphatic heterocycles. The number of carbonyl (C=O) groups excluding carboxylic acids is 1. The molecule has 0 radical (unpaired) electrons. The molecule has 0 atom stereocenters. The van der Waals surface area contributed by atoms with Crippen molar-refractivity contribution in [2.75, 3.05) is 31.0 Å². The molecule has 0 bridgehead atoms. The monoisotopic (exact) mass is 501 g/mol. The molecule has 1 heterocycles. The van der Waals surface area contributed by atoms with Gasteiger partial charge in [0.25, 0.3) is 5.91 Å². The SMILES string of the molecule is CCOc1ccc(CNc2nc(NCc3ccc(OCC)cc3)n(C(=O)c3cccc(OC)c3)n2)cc1. The molecule has 0 aliphatic rings. The standard InChI is InChI=1S/C28H31N5O4/c1-4-36-23-13-9-20(10-14-23)18-29-27-31-28(30-19-21-11-15-24(16-12-21)37-5-2)33(32-27)26(34)22-7-6-8-25(17-22)35-3/h6-17H,4-5,18-19H2,1-3H3,(H2,29,30,31,32). The molecule has 37 heavy (non-hydrogen) atoms. The average molecular weight is 502 g/mol. The van der Waals surface area contributed by atoms with Gasteiger partial charge in [0, 0.05) is 18.7 Å². The van der Waals surface area contributed by atoms with E-state index < -0.39 is 0 Å². The molecule has 0 spiro atoms. The molecule has 1 aromatic heterocycles. The van der Waals surface area contributed by atoms with Gasteiger partial charge < -0.3 is 24.8 Å². The van der Waals surface area contributed by atoms with Crippen LogP contribution in [-0.4, -0.2) is 41.0 Å². The van der Waals surface area contributed by atoms with Crippen LogP contribution in [0.4, 0.5) is 11.9 Å². The van der Waals surface area contributed by atoms with Crippen LogP contribution in [0.25, 0.3) is 0 Å². The van der Waals surface area contributed by atoms with Crippen LogP contribution in [0.2, 0.25) is 0 Å². The topological polar surface area (TPSA) is 99.5 Å². The van der Waals surface area contributed by atoms with Gasteiger partial charge in [0.1, 0.15) is 17.2 Å². The molecule has 192 valence electrons. The Morgan fingerprint density at radius 1 is 0.811 bits per heavy atom. The van der Waals surface area contributed by atoms with Crippen molar-refractivity contribution in [1.82, 2.24) is 14.8 Å². The fraction of sp³-hybridized carbons (Fsp3) is 0.250. The second-order valence-electron chi connectivity index (χ2n) is 8.07. The number of ether oxygens (including phenoxy) is 3. The van der Waals surface area contributed by atoms with Gasteiger partial charge >= 0.3 is 0 Å². The number of hydrogen-bond acceptors (Lipinski definition) is 8. The molecule has 0 amide bonds. The Kier molecular flexibility index (Phi) is 8.59. The molecule has 0 saturated carbocycles. The van der Waals surface area contributed by atoms with Crippen LogP contribution in [0.5, 0.6) is 17.2 Å². The van der Waals surface area contributed by atoms with Crippen LogP contribution in [0, 0.1) is 0 Å². The molecular weight excluding hydrogens is 470 g/mol. The lowest BCUT2D eigenvalue weighted by molar-refractivity contribution is 0.0947. The lowest BCUT2D eigenvalue weighted by Crippen LogP contribution is -2.17. The largest absolute Gasteiger partial charge is 0.497 e. The maximum atomic E-state index is 13.4. The first-order valence-electron chi connectivity index (χ1n) is 12.2. The second kappa shape index (κ2) is 12.4. The van der Waals surface area contributed by atoms with E-state index in [9.17, 15) is 4.79 Å². The number of hydrogen-bond donors (Lipinski definition) is 2. The second-order valence-corrected chi connectivity index (χ2v) is 8.07. The Hall–Kier alpha value is -4.53. The zero-order chi connectivity index (χ0) is 26.0. The zero-order valence-corrected chi connectivity index (χ0v) is 21.2. The highest BCUT2D eigenvalue weighted by molar-refractivity contribution is 5.97. The number of aromatic nitrogens is 3. The summed E-state index contributed by atoms with van der Waals surface area (Å²) < 4.78 is 17.6. The molecule has 0 saturated heterocycles. The highest BCUT2D eigenvalue weighted by Crippen LogP contribution is 2.19. The van der Waals surface area contributed by atoms with Gasteiger partial charge in [-0.2, -0.15) is 9.67 Å². The average Bonchev–Trinajstić information content (AvgIpc) is 3.35. The predicted octanol–water partition coefficient (Wildman–Crippen LogP) is 5.00. The minimum atomic E-state index is -0.324. The number of methoxy groups -OCH3 is 1. The highest BCUT2D eigenvalue weighted by atomic mass is 16.5. The van der Waals surface area contributed by atoms with E-state index >= 15 is 0 Å². The van der Waals surface area contributed by atoms with Gasteiger partial charge in [-0.05, 0) is 67.4 Å². The summed E-state index contributed by atoms with van der Waals surface area (Å²) in [6.07, 6.45) is 0. The summed E-state index contributed by atoms with van der Waals surface area (Å²) in [4.78, 5) is 17.9. The van der Waals surface area contributed by atoms with Crippen LogP contribution < -0.4 is 24.8 Å². The molecule has 2 N–H and O–H groups in total. The molecule has 9 heteroatoms. The summed E-state index contributed by atoms with van der Waals surface area (Å²) in [5.74, 6) is 2.55. The third-order valence-electron chi connectivity index (χ3n) is 5.49. The number of carbonyl (C=O) groups is 1. The number of nitrogens with zero attached hydrogens (tertiary/aromatic N) is 3. The van der Waals surface area contributed by atoms with Gasteiger partial charge in [0.05, 0.1) is 20.3 Å². The van der Waals surface area contributed by atoms with Crippen molar-refractivity contribution in [3.63, 3.8) is 0 Å². The number of benzene rings is 3. The number of rotatable bonds is 12. The van der Waals surface area contributed by atoms with Gasteiger partial charge in [-0.3, -0.25) is 4.79 Å². The summed E-state index contributed by atoms with van der Waals surface area (Å²) in [5, 5.41) is 10.9. The Bertz CT molecular complexity index is 1300. The third kappa shape index (κ3) is 6.78. The van der Waals surface area contributed by atoms with E-state index in [-0.39, 0.29) is 5.91 Å². The van der Waals surface area contributed by atoms with E-state index in [4.69, 9.17) is 14.2 Å². The van der Waals surface area contributed by atoms with Gasteiger partial charge in [-0.15, -0.1) is 5.10 Å². The molecular formula is C28H31N5O4. The third-order valence-corrected chi connectivity index (χ3v) is 5.49. The first-order valence-corrected chi connectivity index (χ1v) is 12.2. The van der Waals surface area contributed by atoms with E-state index in [1.165, 1.54) is 4.68 Å². The van der Waals surface area contributed by atoms with Crippen molar-refractivity contribution >= 4 is 17.8 Å². The summed E-state index contributed by atoms with van der Waals surface area (Å²) in [6.45, 7) is 6.07. The summed E-state index contributed by atoms with van der Waals surface area (Å²) in [7, 11) is 1.56. The van der Waals surface area contributed by atoms with E-state index in [1.54, 1.807) is 31.4 Å². The lowest BCUT2D eigenvalue weighted by atomic mass is 10.2. The van der Waals surface area contributed by atoms with Crippen molar-refractivity contribution < 1.29 is 19.0 Å². The van der Waals surface area contributed by atoms with E-state index in [1.807, 2.05) is 62.4 Å². The molecule has 4 aromatic rings. The molecule has 0 unspecified atom stereocenters. The van der Waals surface area contributed by atoms with Crippen LogP contribution in [-0.2, 0) is 13.1 Å². The molecule has 4 rings (SSSR count). The summed E-state index contributed by atoms with van der Waals surface area (Å²) in [5.41, 5.74) is 2.48. The van der Waals surface area contributed by atoms with E-state index in [0.717, 1.165) is 22.6 Å². The minimum Gasteiger partial charge on any atom is -0.497 e. The quantitative estimate of drug-likeness (QED) is 0.280. The summed E-state index contributed by atoms with van der Waals surface area (Å²) >= 11 is 0. The molecule has 3 aromatic carbocycles. The van der Waals surface area contributed by atoms with Crippen LogP contribution in [0.3, 0.4) is 0 Å². The maximum Gasteiger partial charge on any atom is 0.281 e. The lowest BCUT2D eigenvalue weighted by Gasteiger charge is -2.09. The van der Waals surface area contributed by atoms with Crippen LogP contribution in [0.1, 0.15) is 35.3 Å². The number of anilines is 2. The normalized spacial score (nSPS) is 10.6. The van der Waals surface area contributed by atoms with Crippen molar-refractivity contribution in [2.24, 2.45) is 0 Å². The molecule has 0 aliphatic carbocycles. The zero-order valence-electron chi connectivity index (χ0n) is 21.2. The molecule has 0 fully saturated rings. The van der Waals surface area contributed by atoms with Gasteiger partial charge in [0.2, 0.25) is 11.9 Å². The van der Waals surface area contributed by atoms with Crippen LogP contribution >= 0.6 is 0 Å². The fourth-order valence-electron chi connectivity index (χ4n) is 3.62. The highest BCUT2D eigenvalue weighted by Gasteiger charge is 2.18. The molecule has 9 nitrogen and oxygen atoms in total. The fourth-order valence-corrected chi connectivity index (χ4v) is 3.62.